The Kier molecular flexibility index (Phi) is 6.82. The maximum absolute atomic E-state index is 6.56. The van der Waals surface area contributed by atoms with Crippen LogP contribution in [0.4, 0.5) is 17.1 Å². The Hall–Kier alpha value is -7.30. The van der Waals surface area contributed by atoms with Gasteiger partial charge in [-0.2, -0.15) is 0 Å². The van der Waals surface area contributed by atoms with Crippen molar-refractivity contribution in [3.8, 4) is 27.9 Å². The van der Waals surface area contributed by atoms with Crippen LogP contribution in [0, 0.1) is 0 Å². The van der Waals surface area contributed by atoms with Gasteiger partial charge >= 0.3 is 0 Å². The average Bonchev–Trinajstić information content (AvgIpc) is 3.91. The third-order valence-electron chi connectivity index (χ3n) is 10.6. The quantitative estimate of drug-likeness (QED) is 0.174. The molecule has 0 radical (unpaired) electrons. The molecule has 0 N–H and O–H groups in total. The molecule has 0 aliphatic heterocycles. The predicted molar refractivity (Wildman–Crippen MR) is 223 cm³/mol. The lowest BCUT2D eigenvalue weighted by Gasteiger charge is -2.26. The maximum atomic E-state index is 6.56. The van der Waals surface area contributed by atoms with Crippen molar-refractivity contribution in [1.29, 1.82) is 0 Å². The molecule has 0 unspecified atom stereocenters. The molecule has 254 valence electrons. The van der Waals surface area contributed by atoms with Gasteiger partial charge in [0.1, 0.15) is 11.2 Å². The second-order valence-corrected chi connectivity index (χ2v) is 13.7. The molecule has 11 aromatic rings. The van der Waals surface area contributed by atoms with Crippen molar-refractivity contribution in [2.45, 2.75) is 0 Å². The fourth-order valence-electron chi connectivity index (χ4n) is 8.07. The standard InChI is InChI=1S/C50H32N2O2/c1-2-11-33(12-3-1)34-21-27-37(28-22-34)51(45-18-10-16-41-40-13-5-8-19-46(40)53-49(41)45)38-29-23-35(24-30-38)36-25-31-39(32-26-36)52-44-17-7-4-14-42(44)48-43-15-6-9-20-47(43)54-50(48)52/h1-32H. The normalized spacial score (nSPS) is 11.7. The molecule has 0 spiro atoms. The number of anilines is 3. The minimum Gasteiger partial charge on any atom is -0.454 e. The van der Waals surface area contributed by atoms with E-state index in [0.717, 1.165) is 83.4 Å². The Morgan fingerprint density at radius 2 is 0.889 bits per heavy atom. The van der Waals surface area contributed by atoms with E-state index in [-0.39, 0.29) is 0 Å². The van der Waals surface area contributed by atoms with Gasteiger partial charge in [0, 0.05) is 38.6 Å². The smallest absolute Gasteiger partial charge is 0.213 e. The van der Waals surface area contributed by atoms with Gasteiger partial charge in [-0.3, -0.25) is 4.57 Å². The fourth-order valence-corrected chi connectivity index (χ4v) is 8.07. The first-order valence-corrected chi connectivity index (χ1v) is 18.3. The minimum atomic E-state index is 0.863. The van der Waals surface area contributed by atoms with Crippen LogP contribution in [0.1, 0.15) is 0 Å². The van der Waals surface area contributed by atoms with Crippen LogP contribution in [0.25, 0.3) is 82.9 Å². The summed E-state index contributed by atoms with van der Waals surface area (Å²) in [4.78, 5) is 2.29. The van der Waals surface area contributed by atoms with Crippen molar-refractivity contribution in [1.82, 2.24) is 4.57 Å². The number of rotatable bonds is 6. The monoisotopic (exact) mass is 692 g/mol. The zero-order valence-corrected chi connectivity index (χ0v) is 29.2. The molecule has 0 saturated heterocycles. The van der Waals surface area contributed by atoms with E-state index in [1.807, 2.05) is 24.3 Å². The molecule has 8 aromatic carbocycles. The summed E-state index contributed by atoms with van der Waals surface area (Å²) < 4.78 is 15.3. The Morgan fingerprint density at radius 3 is 1.57 bits per heavy atom. The van der Waals surface area contributed by atoms with Gasteiger partial charge in [-0.15, -0.1) is 0 Å². The SMILES string of the molecule is c1ccc(-c2ccc(N(c3ccc(-c4ccc(-n5c6ccccc6c6c7ccccc7oc65)cc4)cc3)c3cccc4c3oc3ccccc34)cc2)cc1. The van der Waals surface area contributed by atoms with Crippen LogP contribution in [0.15, 0.2) is 203 Å². The molecule has 4 heteroatoms. The van der Waals surface area contributed by atoms with Crippen LogP contribution in [0.3, 0.4) is 0 Å². The third-order valence-corrected chi connectivity index (χ3v) is 10.6. The lowest BCUT2D eigenvalue weighted by atomic mass is 10.0. The first-order chi connectivity index (χ1) is 26.8. The van der Waals surface area contributed by atoms with Crippen molar-refractivity contribution in [2.75, 3.05) is 4.90 Å². The minimum absolute atomic E-state index is 0.863. The van der Waals surface area contributed by atoms with E-state index < -0.39 is 0 Å². The Morgan fingerprint density at radius 1 is 0.370 bits per heavy atom. The first-order valence-electron chi connectivity index (χ1n) is 18.3. The van der Waals surface area contributed by atoms with Gasteiger partial charge in [0.05, 0.1) is 16.6 Å². The van der Waals surface area contributed by atoms with Gasteiger partial charge in [-0.25, -0.2) is 0 Å². The number of aromatic nitrogens is 1. The number of benzene rings is 8. The largest absolute Gasteiger partial charge is 0.454 e. The zero-order chi connectivity index (χ0) is 35.6. The molecule has 3 aromatic heterocycles. The van der Waals surface area contributed by atoms with Crippen LogP contribution in [-0.4, -0.2) is 4.57 Å². The van der Waals surface area contributed by atoms with Gasteiger partial charge in [0.15, 0.2) is 5.58 Å². The van der Waals surface area contributed by atoms with Gasteiger partial charge in [-0.1, -0.05) is 133 Å². The zero-order valence-electron chi connectivity index (χ0n) is 29.2. The van der Waals surface area contributed by atoms with Crippen LogP contribution >= 0.6 is 0 Å². The van der Waals surface area contributed by atoms with E-state index in [1.165, 1.54) is 16.5 Å². The first kappa shape index (κ1) is 30.3. The average molecular weight is 693 g/mol. The fraction of sp³-hybridized carbons (Fsp3) is 0. The van der Waals surface area contributed by atoms with Crippen molar-refractivity contribution >= 4 is 72.0 Å². The summed E-state index contributed by atoms with van der Waals surface area (Å²) in [6.45, 7) is 0. The summed E-state index contributed by atoms with van der Waals surface area (Å²) in [5.41, 5.74) is 13.4. The molecule has 0 bridgehead atoms. The molecule has 11 rings (SSSR count). The molecule has 0 aliphatic rings. The number of para-hydroxylation sites is 4. The van der Waals surface area contributed by atoms with Crippen molar-refractivity contribution in [3.05, 3.63) is 194 Å². The third kappa shape index (κ3) is 4.78. The molecule has 4 nitrogen and oxygen atoms in total. The van der Waals surface area contributed by atoms with E-state index in [2.05, 4.69) is 179 Å². The van der Waals surface area contributed by atoms with Crippen molar-refractivity contribution in [3.63, 3.8) is 0 Å². The van der Waals surface area contributed by atoms with E-state index in [4.69, 9.17) is 8.83 Å². The topological polar surface area (TPSA) is 34.5 Å². The summed E-state index contributed by atoms with van der Waals surface area (Å²) in [6.07, 6.45) is 0. The highest BCUT2D eigenvalue weighted by molar-refractivity contribution is 6.20. The summed E-state index contributed by atoms with van der Waals surface area (Å²) >= 11 is 0. The molecule has 0 atom stereocenters. The highest BCUT2D eigenvalue weighted by Crippen LogP contribution is 2.43. The molecule has 54 heavy (non-hydrogen) atoms. The second kappa shape index (κ2) is 12.1. The molecule has 0 saturated carbocycles. The van der Waals surface area contributed by atoms with Crippen molar-refractivity contribution in [2.24, 2.45) is 0 Å². The Balaban J connectivity index is 0.989. The maximum Gasteiger partial charge on any atom is 0.213 e. The van der Waals surface area contributed by atoms with Gasteiger partial charge in [0.2, 0.25) is 5.71 Å². The van der Waals surface area contributed by atoms with Gasteiger partial charge in [0.25, 0.3) is 0 Å². The highest BCUT2D eigenvalue weighted by atomic mass is 16.3. The van der Waals surface area contributed by atoms with Crippen LogP contribution in [-0.2, 0) is 0 Å². The number of fused-ring (bicyclic) bond motifs is 8. The Labute approximate surface area is 311 Å². The number of hydrogen-bond donors (Lipinski definition) is 0. The highest BCUT2D eigenvalue weighted by Gasteiger charge is 2.21. The van der Waals surface area contributed by atoms with E-state index in [9.17, 15) is 0 Å². The van der Waals surface area contributed by atoms with Gasteiger partial charge < -0.3 is 13.7 Å². The predicted octanol–water partition coefficient (Wildman–Crippen LogP) is 14.2. The number of hydrogen-bond acceptors (Lipinski definition) is 3. The van der Waals surface area contributed by atoms with Crippen LogP contribution in [0.2, 0.25) is 0 Å². The summed E-state index contributed by atoms with van der Waals surface area (Å²) in [5, 5.41) is 5.69. The van der Waals surface area contributed by atoms with E-state index >= 15 is 0 Å². The Bertz CT molecular complexity index is 3130. The second-order valence-electron chi connectivity index (χ2n) is 13.7. The molecular weight excluding hydrogens is 661 g/mol. The number of nitrogens with zero attached hydrogens (tertiary/aromatic N) is 2. The lowest BCUT2D eigenvalue weighted by molar-refractivity contribution is 0.645. The lowest BCUT2D eigenvalue weighted by Crippen LogP contribution is -2.10. The number of furan rings is 2. The summed E-state index contributed by atoms with van der Waals surface area (Å²) in [7, 11) is 0. The van der Waals surface area contributed by atoms with E-state index in [1.54, 1.807) is 0 Å². The molecule has 0 amide bonds. The molecular formula is C50H32N2O2. The van der Waals surface area contributed by atoms with Crippen LogP contribution in [0.5, 0.6) is 0 Å². The molecule has 0 aliphatic carbocycles. The van der Waals surface area contributed by atoms with Crippen LogP contribution < -0.4 is 4.90 Å². The van der Waals surface area contributed by atoms with Crippen molar-refractivity contribution < 1.29 is 8.83 Å². The molecule has 0 fully saturated rings. The van der Waals surface area contributed by atoms with Gasteiger partial charge in [-0.05, 0) is 82.9 Å². The summed E-state index contributed by atoms with van der Waals surface area (Å²) in [5.74, 6) is 0. The molecule has 3 heterocycles. The van der Waals surface area contributed by atoms with E-state index in [0.29, 0.717) is 0 Å². The summed E-state index contributed by atoms with van der Waals surface area (Å²) in [6, 6.07) is 68.3.